The van der Waals surface area contributed by atoms with Crippen LogP contribution >= 0.6 is 11.6 Å². The second-order valence-electron chi connectivity index (χ2n) is 4.94. The Hall–Kier alpha value is -1.29. The topological polar surface area (TPSA) is 35.5 Å². The summed E-state index contributed by atoms with van der Waals surface area (Å²) in [6, 6.07) is 3.76. The number of rotatable bonds is 5. The van der Waals surface area contributed by atoms with E-state index in [9.17, 15) is 9.18 Å². The zero-order valence-electron chi connectivity index (χ0n) is 10.9. The van der Waals surface area contributed by atoms with Crippen molar-refractivity contribution in [2.75, 3.05) is 6.61 Å². The predicted molar refractivity (Wildman–Crippen MR) is 69.7 cm³/mol. The van der Waals surface area contributed by atoms with Crippen LogP contribution in [0.4, 0.5) is 4.39 Å². The number of carbonyl (C=O) groups is 1. The van der Waals surface area contributed by atoms with Crippen LogP contribution in [0.5, 0.6) is 5.75 Å². The molecule has 5 heteroatoms. The lowest BCUT2D eigenvalue weighted by atomic mass is 10.3. The number of carbonyl (C=O) groups excluding carboxylic acids is 1. The molecule has 1 aromatic rings. The largest absolute Gasteiger partial charge is 0.477 e. The van der Waals surface area contributed by atoms with Crippen molar-refractivity contribution in [3.05, 3.63) is 29.0 Å². The summed E-state index contributed by atoms with van der Waals surface area (Å²) in [5.74, 6) is 0.503. The van der Waals surface area contributed by atoms with Gasteiger partial charge in [0.15, 0.2) is 6.10 Å². The van der Waals surface area contributed by atoms with Gasteiger partial charge in [-0.1, -0.05) is 18.5 Å². The zero-order valence-corrected chi connectivity index (χ0v) is 11.6. The molecule has 0 saturated heterocycles. The Morgan fingerprint density at radius 3 is 2.84 bits per heavy atom. The third-order valence-corrected chi connectivity index (χ3v) is 3.54. The standard InChI is InChI=1S/C14H16ClFO3/c1-8-5-10(8)7-18-14(17)9(2)19-13-4-3-11(16)6-12(13)15/h3-4,6,8-10H,5,7H2,1-2H3. The zero-order chi connectivity index (χ0) is 14.0. The van der Waals surface area contributed by atoms with E-state index in [0.717, 1.165) is 12.5 Å². The maximum Gasteiger partial charge on any atom is 0.347 e. The Labute approximate surface area is 116 Å². The average Bonchev–Trinajstić information content (AvgIpc) is 3.06. The summed E-state index contributed by atoms with van der Waals surface area (Å²) in [4.78, 5) is 11.7. The Kier molecular flexibility index (Phi) is 4.30. The normalized spacial score (nSPS) is 22.7. The number of esters is 1. The Bertz CT molecular complexity index is 478. The minimum absolute atomic E-state index is 0.135. The minimum atomic E-state index is -0.767. The highest BCUT2D eigenvalue weighted by Crippen LogP contribution is 2.37. The van der Waals surface area contributed by atoms with Gasteiger partial charge >= 0.3 is 5.97 Å². The van der Waals surface area contributed by atoms with Crippen molar-refractivity contribution in [2.24, 2.45) is 11.8 Å². The van der Waals surface area contributed by atoms with E-state index in [2.05, 4.69) is 6.92 Å². The lowest BCUT2D eigenvalue weighted by Crippen LogP contribution is -2.27. The molecule has 0 aliphatic heterocycles. The molecule has 3 nitrogen and oxygen atoms in total. The van der Waals surface area contributed by atoms with Gasteiger partial charge in [-0.2, -0.15) is 0 Å². The first kappa shape index (κ1) is 14.1. The molecule has 0 aromatic heterocycles. The van der Waals surface area contributed by atoms with E-state index in [0.29, 0.717) is 18.4 Å². The lowest BCUT2D eigenvalue weighted by Gasteiger charge is -2.14. The van der Waals surface area contributed by atoms with E-state index >= 15 is 0 Å². The third-order valence-electron chi connectivity index (χ3n) is 3.25. The van der Waals surface area contributed by atoms with Crippen LogP contribution in [0, 0.1) is 17.7 Å². The fourth-order valence-corrected chi connectivity index (χ4v) is 1.96. The summed E-state index contributed by atoms with van der Waals surface area (Å²) in [6.45, 7) is 4.14. The van der Waals surface area contributed by atoms with Crippen LogP contribution < -0.4 is 4.74 Å². The maximum absolute atomic E-state index is 12.9. The molecule has 0 radical (unpaired) electrons. The molecule has 0 bridgehead atoms. The van der Waals surface area contributed by atoms with Gasteiger partial charge in [0, 0.05) is 0 Å². The van der Waals surface area contributed by atoms with Crippen LogP contribution in [0.3, 0.4) is 0 Å². The Morgan fingerprint density at radius 1 is 1.58 bits per heavy atom. The second-order valence-corrected chi connectivity index (χ2v) is 5.35. The summed E-state index contributed by atoms with van der Waals surface area (Å²) < 4.78 is 23.4. The lowest BCUT2D eigenvalue weighted by molar-refractivity contribution is -0.151. The van der Waals surface area contributed by atoms with Gasteiger partial charge in [0.1, 0.15) is 11.6 Å². The number of benzene rings is 1. The molecule has 1 fully saturated rings. The van der Waals surface area contributed by atoms with Crippen molar-refractivity contribution in [1.82, 2.24) is 0 Å². The molecule has 1 aromatic carbocycles. The maximum atomic E-state index is 12.9. The van der Waals surface area contributed by atoms with Gasteiger partial charge in [0.05, 0.1) is 11.6 Å². The number of ether oxygens (including phenoxy) is 2. The quantitative estimate of drug-likeness (QED) is 0.778. The van der Waals surface area contributed by atoms with Crippen molar-refractivity contribution >= 4 is 17.6 Å². The smallest absolute Gasteiger partial charge is 0.347 e. The number of halogens is 2. The SMILES string of the molecule is CC(Oc1ccc(F)cc1Cl)C(=O)OCC1CC1C. The van der Waals surface area contributed by atoms with Crippen molar-refractivity contribution in [3.8, 4) is 5.75 Å². The predicted octanol–water partition coefficient (Wildman–Crippen LogP) is 3.45. The molecule has 0 heterocycles. The van der Waals surface area contributed by atoms with Crippen LogP contribution in [0.1, 0.15) is 20.3 Å². The first-order chi connectivity index (χ1) is 8.97. The molecule has 104 valence electrons. The summed E-state index contributed by atoms with van der Waals surface area (Å²) in [6.07, 6.45) is 0.337. The van der Waals surface area contributed by atoms with E-state index in [1.165, 1.54) is 12.1 Å². The fourth-order valence-electron chi connectivity index (χ4n) is 1.75. The van der Waals surface area contributed by atoms with Gasteiger partial charge in [-0.05, 0) is 43.4 Å². The van der Waals surface area contributed by atoms with Gasteiger partial charge in [-0.3, -0.25) is 0 Å². The minimum Gasteiger partial charge on any atom is -0.477 e. The van der Waals surface area contributed by atoms with E-state index in [-0.39, 0.29) is 10.8 Å². The van der Waals surface area contributed by atoms with Crippen LogP contribution in [0.25, 0.3) is 0 Å². The number of hydrogen-bond donors (Lipinski definition) is 0. The van der Waals surface area contributed by atoms with Gasteiger partial charge in [0.2, 0.25) is 0 Å². The molecule has 3 unspecified atom stereocenters. The van der Waals surface area contributed by atoms with Crippen LogP contribution in [0.15, 0.2) is 18.2 Å². The average molecular weight is 287 g/mol. The first-order valence-electron chi connectivity index (χ1n) is 6.25. The van der Waals surface area contributed by atoms with Gasteiger partial charge in [-0.15, -0.1) is 0 Å². The monoisotopic (exact) mass is 286 g/mol. The van der Waals surface area contributed by atoms with Crippen LogP contribution in [-0.2, 0) is 9.53 Å². The fraction of sp³-hybridized carbons (Fsp3) is 0.500. The molecule has 1 aliphatic rings. The molecule has 3 atom stereocenters. The van der Waals surface area contributed by atoms with E-state index < -0.39 is 17.9 Å². The second kappa shape index (κ2) is 5.78. The van der Waals surface area contributed by atoms with Crippen molar-refractivity contribution in [3.63, 3.8) is 0 Å². The van der Waals surface area contributed by atoms with Crippen molar-refractivity contribution in [2.45, 2.75) is 26.4 Å². The molecule has 2 rings (SSSR count). The van der Waals surface area contributed by atoms with E-state index in [4.69, 9.17) is 21.1 Å². The first-order valence-corrected chi connectivity index (χ1v) is 6.63. The summed E-state index contributed by atoms with van der Waals surface area (Å²) in [5.41, 5.74) is 0. The Balaban J connectivity index is 1.85. The highest BCUT2D eigenvalue weighted by Gasteiger charge is 2.34. The van der Waals surface area contributed by atoms with Crippen molar-refractivity contribution in [1.29, 1.82) is 0 Å². The molecule has 0 spiro atoms. The highest BCUT2D eigenvalue weighted by atomic mass is 35.5. The van der Waals surface area contributed by atoms with E-state index in [1.54, 1.807) is 6.92 Å². The molecular weight excluding hydrogens is 271 g/mol. The number of hydrogen-bond acceptors (Lipinski definition) is 3. The van der Waals surface area contributed by atoms with Gasteiger partial charge in [-0.25, -0.2) is 9.18 Å². The summed E-state index contributed by atoms with van der Waals surface area (Å²) >= 11 is 5.82. The molecule has 1 saturated carbocycles. The van der Waals surface area contributed by atoms with Crippen LogP contribution in [0.2, 0.25) is 5.02 Å². The van der Waals surface area contributed by atoms with Gasteiger partial charge < -0.3 is 9.47 Å². The van der Waals surface area contributed by atoms with Gasteiger partial charge in [0.25, 0.3) is 0 Å². The Morgan fingerprint density at radius 2 is 2.26 bits per heavy atom. The molecule has 1 aliphatic carbocycles. The van der Waals surface area contributed by atoms with E-state index in [1.807, 2.05) is 0 Å². The molecule has 0 amide bonds. The molecule has 0 N–H and O–H groups in total. The highest BCUT2D eigenvalue weighted by molar-refractivity contribution is 6.32. The summed E-state index contributed by atoms with van der Waals surface area (Å²) in [5, 5.41) is 0.135. The molecule has 19 heavy (non-hydrogen) atoms. The summed E-state index contributed by atoms with van der Waals surface area (Å²) in [7, 11) is 0. The van der Waals surface area contributed by atoms with Crippen molar-refractivity contribution < 1.29 is 18.7 Å². The molecular formula is C14H16ClFO3. The van der Waals surface area contributed by atoms with Crippen LogP contribution in [-0.4, -0.2) is 18.7 Å². The third kappa shape index (κ3) is 3.83.